The maximum Gasteiger partial charge on any atom is 0.356 e. The second kappa shape index (κ2) is 7.51. The number of esters is 2. The van der Waals surface area contributed by atoms with Gasteiger partial charge < -0.3 is 14.0 Å². The summed E-state index contributed by atoms with van der Waals surface area (Å²) in [7, 11) is 1.36. The lowest BCUT2D eigenvalue weighted by Crippen LogP contribution is -2.26. The number of nitrogens with zero attached hydrogens (tertiary/aromatic N) is 2. The van der Waals surface area contributed by atoms with E-state index in [2.05, 4.69) is 4.98 Å². The van der Waals surface area contributed by atoms with Crippen LogP contribution in [-0.4, -0.2) is 35.2 Å². The number of rotatable bonds is 7. The summed E-state index contributed by atoms with van der Waals surface area (Å²) < 4.78 is 12.0. The first kappa shape index (κ1) is 17.2. The molecule has 1 fully saturated rings. The summed E-state index contributed by atoms with van der Waals surface area (Å²) in [5.74, 6) is -0.915. The fraction of sp³-hybridized carbons (Fsp3) is 0.421. The largest absolute Gasteiger partial charge is 0.469 e. The first-order chi connectivity index (χ1) is 12.1. The van der Waals surface area contributed by atoms with Crippen LogP contribution in [-0.2, 0) is 14.3 Å². The molecule has 0 saturated heterocycles. The fourth-order valence-corrected chi connectivity index (χ4v) is 2.95. The molecule has 6 nitrogen and oxygen atoms in total. The van der Waals surface area contributed by atoms with Gasteiger partial charge >= 0.3 is 11.9 Å². The van der Waals surface area contributed by atoms with Gasteiger partial charge in [-0.25, -0.2) is 9.78 Å². The number of benzene rings is 1. The molecule has 25 heavy (non-hydrogen) atoms. The third-order valence-corrected chi connectivity index (χ3v) is 4.66. The van der Waals surface area contributed by atoms with Crippen LogP contribution in [0.25, 0.3) is 0 Å². The maximum absolute atomic E-state index is 12.5. The standard InChI is InChI=1S/C19H22N2O4/c1-13(14-6-4-3-5-7-14)21-12-20-10-17(21)19(23)25-11-16(15-8-9-15)18(22)24-2/h3-7,10,12-13,15-16H,8-9,11H2,1-2H3/t13-,16?/m1/s1. The van der Waals surface area contributed by atoms with E-state index < -0.39 is 5.97 Å². The number of hydrogen-bond donors (Lipinski definition) is 0. The lowest BCUT2D eigenvalue weighted by molar-refractivity contribution is -0.147. The van der Waals surface area contributed by atoms with Gasteiger partial charge in [0.15, 0.2) is 0 Å². The van der Waals surface area contributed by atoms with Gasteiger partial charge in [0.1, 0.15) is 12.3 Å². The van der Waals surface area contributed by atoms with Crippen molar-refractivity contribution in [1.82, 2.24) is 9.55 Å². The Balaban J connectivity index is 1.69. The number of methoxy groups -OCH3 is 1. The van der Waals surface area contributed by atoms with Gasteiger partial charge in [-0.05, 0) is 31.2 Å². The van der Waals surface area contributed by atoms with Gasteiger partial charge in [-0.2, -0.15) is 0 Å². The van der Waals surface area contributed by atoms with Gasteiger partial charge in [-0.15, -0.1) is 0 Å². The zero-order valence-corrected chi connectivity index (χ0v) is 14.4. The molecule has 2 atom stereocenters. The van der Waals surface area contributed by atoms with Crippen LogP contribution in [0.2, 0.25) is 0 Å². The summed E-state index contributed by atoms with van der Waals surface area (Å²) in [5.41, 5.74) is 1.44. The molecule has 132 valence electrons. The van der Waals surface area contributed by atoms with E-state index in [4.69, 9.17) is 9.47 Å². The first-order valence-corrected chi connectivity index (χ1v) is 8.43. The first-order valence-electron chi connectivity index (χ1n) is 8.43. The highest BCUT2D eigenvalue weighted by molar-refractivity contribution is 5.87. The van der Waals surface area contributed by atoms with Crippen LogP contribution in [0, 0.1) is 11.8 Å². The van der Waals surface area contributed by atoms with E-state index in [-0.39, 0.29) is 30.5 Å². The Hall–Kier alpha value is -2.63. The van der Waals surface area contributed by atoms with Crippen molar-refractivity contribution in [3.63, 3.8) is 0 Å². The van der Waals surface area contributed by atoms with Crippen molar-refractivity contribution >= 4 is 11.9 Å². The van der Waals surface area contributed by atoms with Crippen LogP contribution in [0.3, 0.4) is 0 Å². The van der Waals surface area contributed by atoms with Crippen molar-refractivity contribution in [2.45, 2.75) is 25.8 Å². The smallest absolute Gasteiger partial charge is 0.356 e. The van der Waals surface area contributed by atoms with Gasteiger partial charge in [0, 0.05) is 0 Å². The van der Waals surface area contributed by atoms with Crippen molar-refractivity contribution in [3.05, 3.63) is 54.1 Å². The molecule has 0 N–H and O–H groups in total. The lowest BCUT2D eigenvalue weighted by atomic mass is 10.1. The predicted octanol–water partition coefficient (Wildman–Crippen LogP) is 2.85. The quantitative estimate of drug-likeness (QED) is 0.724. The molecule has 0 amide bonds. The lowest BCUT2D eigenvalue weighted by Gasteiger charge is -2.17. The van der Waals surface area contributed by atoms with E-state index >= 15 is 0 Å². The molecule has 1 aromatic heterocycles. The topological polar surface area (TPSA) is 70.4 Å². The number of aromatic nitrogens is 2. The summed E-state index contributed by atoms with van der Waals surface area (Å²) in [5, 5.41) is 0. The monoisotopic (exact) mass is 342 g/mol. The second-order valence-electron chi connectivity index (χ2n) is 6.34. The zero-order chi connectivity index (χ0) is 17.8. The van der Waals surface area contributed by atoms with Crippen LogP contribution < -0.4 is 0 Å². The molecule has 1 aliphatic carbocycles. The van der Waals surface area contributed by atoms with Crippen LogP contribution in [0.4, 0.5) is 0 Å². The number of carbonyl (C=O) groups excluding carboxylic acids is 2. The normalized spacial score (nSPS) is 16.1. The minimum Gasteiger partial charge on any atom is -0.469 e. The fourth-order valence-electron chi connectivity index (χ4n) is 2.95. The molecule has 2 aromatic rings. The van der Waals surface area contributed by atoms with E-state index in [1.165, 1.54) is 13.3 Å². The second-order valence-corrected chi connectivity index (χ2v) is 6.34. The SMILES string of the molecule is COC(=O)C(COC(=O)c1cncn1[C@H](C)c1ccccc1)C1CC1. The zero-order valence-electron chi connectivity index (χ0n) is 14.4. The van der Waals surface area contributed by atoms with E-state index in [1.54, 1.807) is 10.9 Å². The number of imidazole rings is 1. The molecule has 0 spiro atoms. The van der Waals surface area contributed by atoms with Crippen LogP contribution >= 0.6 is 0 Å². The van der Waals surface area contributed by atoms with Gasteiger partial charge in [-0.1, -0.05) is 30.3 Å². The Morgan fingerprint density at radius 1 is 1.28 bits per heavy atom. The van der Waals surface area contributed by atoms with Crippen molar-refractivity contribution in [3.8, 4) is 0 Å². The van der Waals surface area contributed by atoms with E-state index in [9.17, 15) is 9.59 Å². The maximum atomic E-state index is 12.5. The Morgan fingerprint density at radius 2 is 2.00 bits per heavy atom. The Morgan fingerprint density at radius 3 is 2.64 bits per heavy atom. The van der Waals surface area contributed by atoms with Gasteiger partial charge in [-0.3, -0.25) is 4.79 Å². The highest BCUT2D eigenvalue weighted by Gasteiger charge is 2.38. The van der Waals surface area contributed by atoms with Crippen molar-refractivity contribution < 1.29 is 19.1 Å². The third-order valence-electron chi connectivity index (χ3n) is 4.66. The average Bonchev–Trinajstić information content (AvgIpc) is 3.36. The van der Waals surface area contributed by atoms with E-state index in [0.29, 0.717) is 5.69 Å². The van der Waals surface area contributed by atoms with Gasteiger partial charge in [0.05, 0.1) is 31.6 Å². The molecular weight excluding hydrogens is 320 g/mol. The molecule has 1 aliphatic rings. The molecule has 1 unspecified atom stereocenters. The van der Waals surface area contributed by atoms with E-state index in [1.807, 2.05) is 37.3 Å². The Kier molecular flexibility index (Phi) is 5.16. The van der Waals surface area contributed by atoms with Crippen molar-refractivity contribution in [1.29, 1.82) is 0 Å². The average molecular weight is 342 g/mol. The van der Waals surface area contributed by atoms with Crippen molar-refractivity contribution in [2.75, 3.05) is 13.7 Å². The number of ether oxygens (including phenoxy) is 2. The van der Waals surface area contributed by atoms with Crippen LogP contribution in [0.5, 0.6) is 0 Å². The van der Waals surface area contributed by atoms with Crippen LogP contribution in [0.1, 0.15) is 41.9 Å². The highest BCUT2D eigenvalue weighted by Crippen LogP contribution is 2.37. The molecule has 3 rings (SSSR count). The highest BCUT2D eigenvalue weighted by atomic mass is 16.5. The summed E-state index contributed by atoms with van der Waals surface area (Å²) in [6.07, 6.45) is 5.06. The Bertz CT molecular complexity index is 737. The van der Waals surface area contributed by atoms with Crippen LogP contribution in [0.15, 0.2) is 42.9 Å². The Labute approximate surface area is 146 Å². The molecule has 0 aliphatic heterocycles. The summed E-state index contributed by atoms with van der Waals surface area (Å²) in [4.78, 5) is 28.4. The van der Waals surface area contributed by atoms with E-state index in [0.717, 1.165) is 18.4 Å². The number of carbonyl (C=O) groups is 2. The number of hydrogen-bond acceptors (Lipinski definition) is 5. The van der Waals surface area contributed by atoms with Gasteiger partial charge in [0.2, 0.25) is 0 Å². The predicted molar refractivity (Wildman–Crippen MR) is 91.0 cm³/mol. The molecule has 1 heterocycles. The molecular formula is C19H22N2O4. The summed E-state index contributed by atoms with van der Waals surface area (Å²) >= 11 is 0. The molecule has 1 aromatic carbocycles. The molecule has 1 saturated carbocycles. The molecule has 0 radical (unpaired) electrons. The molecule has 0 bridgehead atoms. The minimum atomic E-state index is -0.477. The summed E-state index contributed by atoms with van der Waals surface area (Å²) in [6, 6.07) is 9.81. The minimum absolute atomic E-state index is 0.0427. The third kappa shape index (κ3) is 3.90. The summed E-state index contributed by atoms with van der Waals surface area (Å²) in [6.45, 7) is 2.04. The van der Waals surface area contributed by atoms with Crippen molar-refractivity contribution in [2.24, 2.45) is 11.8 Å². The molecule has 6 heteroatoms. The van der Waals surface area contributed by atoms with Gasteiger partial charge in [0.25, 0.3) is 0 Å².